The van der Waals surface area contributed by atoms with Gasteiger partial charge in [-0.3, -0.25) is 0 Å². The molecule has 4 atom stereocenters. The monoisotopic (exact) mass is 206 g/mol. The third kappa shape index (κ3) is 1.04. The summed E-state index contributed by atoms with van der Waals surface area (Å²) in [6.07, 6.45) is 1.25. The minimum atomic E-state index is -0.356. The van der Waals surface area contributed by atoms with Gasteiger partial charge in [0.25, 0.3) is 0 Å². The molecule has 2 saturated carbocycles. The Balaban J connectivity index is 2.06. The molecule has 0 aliphatic heterocycles. The highest BCUT2D eigenvalue weighted by Crippen LogP contribution is 2.71. The lowest BCUT2D eigenvalue weighted by molar-refractivity contribution is 0.273. The van der Waals surface area contributed by atoms with Crippen LogP contribution in [0.15, 0.2) is 0 Å². The molecule has 0 aromatic carbocycles. The van der Waals surface area contributed by atoms with E-state index in [9.17, 15) is 0 Å². The molecular weight excluding hydrogens is 191 g/mol. The Kier molecular flexibility index (Phi) is 1.94. The third-order valence-electron chi connectivity index (χ3n) is 3.89. The predicted molar refractivity (Wildman–Crippen MR) is 53.5 cm³/mol. The standard InChI is InChI=1S/C10H16Cl2/c1-5(2)7-4-8-9(6(7)3)10(8,11)12/h5-9H,4H2,1-3H3/t6-,7?,8?,9?/m0/s1. The summed E-state index contributed by atoms with van der Waals surface area (Å²) in [6, 6.07) is 0. The van der Waals surface area contributed by atoms with Crippen LogP contribution in [0.2, 0.25) is 0 Å². The summed E-state index contributed by atoms with van der Waals surface area (Å²) in [5, 5.41) is 0. The van der Waals surface area contributed by atoms with Crippen molar-refractivity contribution in [2.24, 2.45) is 29.6 Å². The summed E-state index contributed by atoms with van der Waals surface area (Å²) >= 11 is 12.3. The van der Waals surface area contributed by atoms with E-state index in [0.717, 1.165) is 17.8 Å². The van der Waals surface area contributed by atoms with Gasteiger partial charge >= 0.3 is 0 Å². The van der Waals surface area contributed by atoms with Crippen LogP contribution in [-0.4, -0.2) is 4.33 Å². The summed E-state index contributed by atoms with van der Waals surface area (Å²) in [7, 11) is 0. The fourth-order valence-corrected chi connectivity index (χ4v) is 4.12. The minimum absolute atomic E-state index is 0.356. The maximum atomic E-state index is 6.14. The van der Waals surface area contributed by atoms with Crippen LogP contribution in [0.25, 0.3) is 0 Å². The SMILES string of the molecule is CC(C)C1CC2C([C@H]1C)C2(Cl)Cl. The van der Waals surface area contributed by atoms with Gasteiger partial charge < -0.3 is 0 Å². The first-order valence-electron chi connectivity index (χ1n) is 4.84. The van der Waals surface area contributed by atoms with Crippen LogP contribution in [0, 0.1) is 29.6 Å². The van der Waals surface area contributed by atoms with E-state index in [1.54, 1.807) is 0 Å². The van der Waals surface area contributed by atoms with E-state index in [1.807, 2.05) is 0 Å². The van der Waals surface area contributed by atoms with Crippen molar-refractivity contribution in [3.63, 3.8) is 0 Å². The second-order valence-corrected chi connectivity index (χ2v) is 6.25. The quantitative estimate of drug-likeness (QED) is 0.575. The second kappa shape index (κ2) is 2.54. The van der Waals surface area contributed by atoms with Crippen LogP contribution < -0.4 is 0 Å². The first kappa shape index (κ1) is 9.15. The summed E-state index contributed by atoms with van der Waals surface area (Å²) in [5.74, 6) is 3.56. The third-order valence-corrected chi connectivity index (χ3v) is 4.95. The molecule has 0 aromatic heterocycles. The van der Waals surface area contributed by atoms with Crippen LogP contribution in [0.5, 0.6) is 0 Å². The number of fused-ring (bicyclic) bond motifs is 1. The molecular formula is C10H16Cl2. The van der Waals surface area contributed by atoms with E-state index in [-0.39, 0.29) is 4.33 Å². The van der Waals surface area contributed by atoms with Crippen molar-refractivity contribution in [1.29, 1.82) is 0 Å². The molecule has 0 radical (unpaired) electrons. The van der Waals surface area contributed by atoms with Gasteiger partial charge in [0.2, 0.25) is 0 Å². The number of halogens is 2. The predicted octanol–water partition coefficient (Wildman–Crippen LogP) is 3.72. The second-order valence-electron chi connectivity index (χ2n) is 4.81. The molecule has 0 nitrogen and oxygen atoms in total. The Hall–Kier alpha value is 0.580. The average molecular weight is 207 g/mol. The normalized spacial score (nSPS) is 49.5. The smallest absolute Gasteiger partial charge is 0.101 e. The van der Waals surface area contributed by atoms with Gasteiger partial charge in [0.15, 0.2) is 0 Å². The molecule has 2 aliphatic rings. The first-order chi connectivity index (χ1) is 5.46. The van der Waals surface area contributed by atoms with E-state index < -0.39 is 0 Å². The average Bonchev–Trinajstić information content (AvgIpc) is 2.35. The molecule has 0 aromatic rings. The van der Waals surface area contributed by atoms with Gasteiger partial charge in [-0.1, -0.05) is 20.8 Å². The zero-order valence-electron chi connectivity index (χ0n) is 7.85. The van der Waals surface area contributed by atoms with Crippen molar-refractivity contribution in [2.75, 3.05) is 0 Å². The van der Waals surface area contributed by atoms with Gasteiger partial charge in [-0.15, -0.1) is 23.2 Å². The van der Waals surface area contributed by atoms with Crippen molar-refractivity contribution < 1.29 is 0 Å². The largest absolute Gasteiger partial charge is 0.124 e. The van der Waals surface area contributed by atoms with E-state index in [2.05, 4.69) is 20.8 Å². The minimum Gasteiger partial charge on any atom is -0.101 e. The van der Waals surface area contributed by atoms with Crippen molar-refractivity contribution in [3.05, 3.63) is 0 Å². The number of alkyl halides is 2. The summed E-state index contributed by atoms with van der Waals surface area (Å²) in [5.41, 5.74) is 0. The molecule has 2 aliphatic carbocycles. The maximum absolute atomic E-state index is 6.14. The Labute approximate surface area is 84.6 Å². The Bertz CT molecular complexity index is 196. The van der Waals surface area contributed by atoms with Gasteiger partial charge in [-0.05, 0) is 30.1 Å². The van der Waals surface area contributed by atoms with E-state index in [1.165, 1.54) is 6.42 Å². The zero-order valence-corrected chi connectivity index (χ0v) is 9.36. The summed E-state index contributed by atoms with van der Waals surface area (Å²) in [4.78, 5) is 0. The molecule has 12 heavy (non-hydrogen) atoms. The fourth-order valence-electron chi connectivity index (χ4n) is 3.09. The van der Waals surface area contributed by atoms with Crippen molar-refractivity contribution in [3.8, 4) is 0 Å². The van der Waals surface area contributed by atoms with E-state index >= 15 is 0 Å². The molecule has 0 saturated heterocycles. The molecule has 70 valence electrons. The highest BCUT2D eigenvalue weighted by Gasteiger charge is 2.70. The highest BCUT2D eigenvalue weighted by molar-refractivity contribution is 6.51. The van der Waals surface area contributed by atoms with Gasteiger partial charge in [-0.2, -0.15) is 0 Å². The van der Waals surface area contributed by atoms with Crippen molar-refractivity contribution >= 4 is 23.2 Å². The molecule has 0 spiro atoms. The van der Waals surface area contributed by atoms with Gasteiger partial charge in [-0.25, -0.2) is 0 Å². The van der Waals surface area contributed by atoms with Crippen LogP contribution in [0.4, 0.5) is 0 Å². The van der Waals surface area contributed by atoms with Gasteiger partial charge in [0, 0.05) is 5.92 Å². The molecule has 2 rings (SSSR count). The first-order valence-corrected chi connectivity index (χ1v) is 5.59. The molecule has 2 fully saturated rings. The molecule has 0 amide bonds. The van der Waals surface area contributed by atoms with E-state index in [4.69, 9.17) is 23.2 Å². The molecule has 0 heterocycles. The maximum Gasteiger partial charge on any atom is 0.124 e. The van der Waals surface area contributed by atoms with Gasteiger partial charge in [0.05, 0.1) is 0 Å². The zero-order chi connectivity index (χ0) is 9.09. The Morgan fingerprint density at radius 1 is 1.33 bits per heavy atom. The van der Waals surface area contributed by atoms with Crippen LogP contribution >= 0.6 is 23.2 Å². The van der Waals surface area contributed by atoms with Gasteiger partial charge in [0.1, 0.15) is 4.33 Å². The Morgan fingerprint density at radius 2 is 1.92 bits per heavy atom. The highest BCUT2D eigenvalue weighted by atomic mass is 35.5. The lowest BCUT2D eigenvalue weighted by Gasteiger charge is -2.24. The topological polar surface area (TPSA) is 0 Å². The van der Waals surface area contributed by atoms with E-state index in [0.29, 0.717) is 11.8 Å². The van der Waals surface area contributed by atoms with Crippen LogP contribution in [0.3, 0.4) is 0 Å². The summed E-state index contributed by atoms with van der Waals surface area (Å²) in [6.45, 7) is 6.91. The number of hydrogen-bond acceptors (Lipinski definition) is 0. The van der Waals surface area contributed by atoms with Crippen LogP contribution in [-0.2, 0) is 0 Å². The number of rotatable bonds is 1. The molecule has 2 heteroatoms. The Morgan fingerprint density at radius 3 is 2.25 bits per heavy atom. The lowest BCUT2D eigenvalue weighted by atomic mass is 9.84. The van der Waals surface area contributed by atoms with Crippen LogP contribution in [0.1, 0.15) is 27.2 Å². The molecule has 0 N–H and O–H groups in total. The lowest BCUT2D eigenvalue weighted by Crippen LogP contribution is -2.19. The molecule has 0 bridgehead atoms. The molecule has 3 unspecified atom stereocenters. The number of hydrogen-bond donors (Lipinski definition) is 0. The van der Waals surface area contributed by atoms with Crippen molar-refractivity contribution in [1.82, 2.24) is 0 Å². The summed E-state index contributed by atoms with van der Waals surface area (Å²) < 4.78 is -0.356. The van der Waals surface area contributed by atoms with Crippen molar-refractivity contribution in [2.45, 2.75) is 31.5 Å². The fraction of sp³-hybridized carbons (Fsp3) is 1.00.